The van der Waals surface area contributed by atoms with E-state index < -0.39 is 12.2 Å². The molecule has 44 heavy (non-hydrogen) atoms. The maximum Gasteiger partial charge on any atom is 0.187 e. The molecule has 2 N–H and O–H groups in total. The zero-order valence-corrected chi connectivity index (χ0v) is 28.6. The number of allylic oxidation sites excluding steroid dienone is 18. The number of aliphatic hydroxyl groups is 2. The summed E-state index contributed by atoms with van der Waals surface area (Å²) in [5, 5.41) is 20.1. The number of rotatable bonds is 11. The van der Waals surface area contributed by atoms with Gasteiger partial charge in [0, 0.05) is 0 Å². The molecule has 0 bridgehead atoms. The Morgan fingerprint density at radius 1 is 0.682 bits per heavy atom. The number of carbonyl (C=O) groups excluding carboxylic acids is 2. The van der Waals surface area contributed by atoms with Gasteiger partial charge in [0.05, 0.1) is 0 Å². The largest absolute Gasteiger partial charge is 0.385 e. The fourth-order valence-corrected chi connectivity index (χ4v) is 5.98. The smallest absolute Gasteiger partial charge is 0.187 e. The summed E-state index contributed by atoms with van der Waals surface area (Å²) in [5.41, 5.74) is 7.74. The molecule has 238 valence electrons. The van der Waals surface area contributed by atoms with Gasteiger partial charge < -0.3 is 10.2 Å². The van der Waals surface area contributed by atoms with Crippen molar-refractivity contribution in [3.05, 3.63) is 117 Å². The topological polar surface area (TPSA) is 74.6 Å². The first-order valence-electron chi connectivity index (χ1n) is 15.7. The number of carbonyl (C=O) groups is 2. The molecule has 0 heterocycles. The third-order valence-corrected chi connectivity index (χ3v) is 8.72. The molecular formula is C40H54O4. The van der Waals surface area contributed by atoms with E-state index in [2.05, 4.69) is 84.9 Å². The predicted octanol–water partition coefficient (Wildman–Crippen LogP) is 9.13. The quantitative estimate of drug-likeness (QED) is 0.233. The highest BCUT2D eigenvalue weighted by Crippen LogP contribution is 2.42. The molecule has 0 aliphatic heterocycles. The molecule has 4 heteroatoms. The fraction of sp³-hybridized carbons (Fsp3) is 0.450. The van der Waals surface area contributed by atoms with Crippen molar-refractivity contribution in [1.82, 2.24) is 0 Å². The SMILES string of the molecule is CC(C=CC=C(C)C=CC1=C(C)C(=O)C(O)CC1(C)C)=CC=CC=C(C)C=CC=C(C)CCC1=C(C)C(=O)C(O)CC1(C)C. The number of hydrogen-bond acceptors (Lipinski definition) is 4. The van der Waals surface area contributed by atoms with Crippen molar-refractivity contribution in [3.63, 3.8) is 0 Å². The maximum absolute atomic E-state index is 12.3. The van der Waals surface area contributed by atoms with Crippen LogP contribution in [0.5, 0.6) is 0 Å². The number of hydrogen-bond donors (Lipinski definition) is 2. The molecule has 0 amide bonds. The van der Waals surface area contributed by atoms with Crippen molar-refractivity contribution in [2.24, 2.45) is 10.8 Å². The molecule has 2 aliphatic carbocycles. The summed E-state index contributed by atoms with van der Waals surface area (Å²) in [4.78, 5) is 24.5. The zero-order chi connectivity index (χ0) is 33.2. The lowest BCUT2D eigenvalue weighted by atomic mass is 9.69. The molecule has 0 saturated carbocycles. The average molecular weight is 599 g/mol. The van der Waals surface area contributed by atoms with Crippen molar-refractivity contribution >= 4 is 11.6 Å². The van der Waals surface area contributed by atoms with Crippen LogP contribution >= 0.6 is 0 Å². The monoisotopic (exact) mass is 598 g/mol. The van der Waals surface area contributed by atoms with E-state index in [9.17, 15) is 19.8 Å². The maximum atomic E-state index is 12.3. The minimum atomic E-state index is -0.904. The van der Waals surface area contributed by atoms with Crippen LogP contribution in [0.2, 0.25) is 0 Å². The van der Waals surface area contributed by atoms with Crippen molar-refractivity contribution < 1.29 is 19.8 Å². The van der Waals surface area contributed by atoms with Crippen LogP contribution < -0.4 is 0 Å². The molecule has 2 rings (SSSR count). The van der Waals surface area contributed by atoms with Crippen LogP contribution in [-0.4, -0.2) is 34.0 Å². The normalized spacial score (nSPS) is 24.4. The van der Waals surface area contributed by atoms with Crippen LogP contribution in [-0.2, 0) is 9.59 Å². The third-order valence-electron chi connectivity index (χ3n) is 8.72. The van der Waals surface area contributed by atoms with E-state index in [1.165, 1.54) is 11.1 Å². The van der Waals surface area contributed by atoms with E-state index >= 15 is 0 Å². The van der Waals surface area contributed by atoms with Crippen molar-refractivity contribution in [2.75, 3.05) is 0 Å². The third kappa shape index (κ3) is 10.7. The fourth-order valence-electron chi connectivity index (χ4n) is 5.98. The van der Waals surface area contributed by atoms with Crippen LogP contribution in [0.4, 0.5) is 0 Å². The van der Waals surface area contributed by atoms with E-state index in [-0.39, 0.29) is 22.4 Å². The van der Waals surface area contributed by atoms with Gasteiger partial charge in [-0.2, -0.15) is 0 Å². The van der Waals surface area contributed by atoms with Gasteiger partial charge in [0.1, 0.15) is 12.2 Å². The first kappa shape index (κ1) is 36.8. The van der Waals surface area contributed by atoms with E-state index in [1.807, 2.05) is 50.3 Å². The summed E-state index contributed by atoms with van der Waals surface area (Å²) in [6, 6.07) is 0. The Balaban J connectivity index is 1.90. The Morgan fingerprint density at radius 2 is 1.14 bits per heavy atom. The van der Waals surface area contributed by atoms with Gasteiger partial charge in [-0.05, 0) is 94.8 Å². The molecule has 0 saturated heterocycles. The van der Waals surface area contributed by atoms with Crippen LogP contribution in [0.25, 0.3) is 0 Å². The zero-order valence-electron chi connectivity index (χ0n) is 28.6. The Bertz CT molecular complexity index is 1410. The second kappa shape index (κ2) is 16.1. The summed E-state index contributed by atoms with van der Waals surface area (Å²) >= 11 is 0. The Kier molecular flexibility index (Phi) is 13.5. The summed E-state index contributed by atoms with van der Waals surface area (Å²) in [6.07, 6.45) is 25.5. The number of Topliss-reactive ketones (excluding diaryl/α,β-unsaturated/α-hetero) is 2. The molecule has 0 aromatic heterocycles. The summed E-state index contributed by atoms with van der Waals surface area (Å²) in [6.45, 7) is 20.3. The van der Waals surface area contributed by atoms with Crippen LogP contribution in [0, 0.1) is 10.8 Å². The molecule has 4 nitrogen and oxygen atoms in total. The van der Waals surface area contributed by atoms with Crippen LogP contribution in [0.1, 0.15) is 94.9 Å². The second-order valence-electron chi connectivity index (χ2n) is 13.8. The highest BCUT2D eigenvalue weighted by Gasteiger charge is 2.38. The van der Waals surface area contributed by atoms with Gasteiger partial charge in [0.15, 0.2) is 11.6 Å². The highest BCUT2D eigenvalue weighted by atomic mass is 16.3. The highest BCUT2D eigenvalue weighted by molar-refractivity contribution is 6.01. The van der Waals surface area contributed by atoms with Gasteiger partial charge >= 0.3 is 0 Å². The Hall–Kier alpha value is -3.34. The van der Waals surface area contributed by atoms with Crippen molar-refractivity contribution in [3.8, 4) is 0 Å². The lowest BCUT2D eigenvalue weighted by Gasteiger charge is -2.36. The van der Waals surface area contributed by atoms with Crippen LogP contribution in [0.15, 0.2) is 117 Å². The van der Waals surface area contributed by atoms with Gasteiger partial charge in [-0.3, -0.25) is 9.59 Å². The van der Waals surface area contributed by atoms with Gasteiger partial charge in [-0.1, -0.05) is 128 Å². The van der Waals surface area contributed by atoms with E-state index in [0.29, 0.717) is 18.4 Å². The number of ketones is 2. The van der Waals surface area contributed by atoms with E-state index in [4.69, 9.17) is 0 Å². The Labute approximate surface area is 266 Å². The standard InChI is InChI=1S/C40H54O4/c1-27(17-13-19-29(3)21-23-33-31(5)37(43)35(41)25-39(33,7)8)15-11-12-16-28(2)18-14-20-30(4)22-24-34-32(6)38(44)36(42)26-40(34,9)10/h11-21,23,35-36,41-42H,22,24-26H2,1-10H3. The molecule has 0 aromatic rings. The lowest BCUT2D eigenvalue weighted by molar-refractivity contribution is -0.126. The summed E-state index contributed by atoms with van der Waals surface area (Å²) in [7, 11) is 0. The molecule has 0 radical (unpaired) electrons. The minimum absolute atomic E-state index is 0.124. The predicted molar refractivity (Wildman–Crippen MR) is 185 cm³/mol. The lowest BCUT2D eigenvalue weighted by Crippen LogP contribution is -2.36. The molecule has 2 aliphatic rings. The van der Waals surface area contributed by atoms with E-state index in [1.54, 1.807) is 6.92 Å². The average Bonchev–Trinajstić information content (AvgIpc) is 2.92. The Morgan fingerprint density at radius 3 is 1.70 bits per heavy atom. The van der Waals surface area contributed by atoms with Crippen molar-refractivity contribution in [2.45, 2.75) is 107 Å². The van der Waals surface area contributed by atoms with Gasteiger partial charge in [0.25, 0.3) is 0 Å². The first-order chi connectivity index (χ1) is 20.5. The van der Waals surface area contributed by atoms with Gasteiger partial charge in [-0.25, -0.2) is 0 Å². The second-order valence-corrected chi connectivity index (χ2v) is 13.8. The molecule has 0 spiro atoms. The summed E-state index contributed by atoms with van der Waals surface area (Å²) < 4.78 is 0. The van der Waals surface area contributed by atoms with Gasteiger partial charge in [0.2, 0.25) is 0 Å². The minimum Gasteiger partial charge on any atom is -0.385 e. The molecule has 0 fully saturated rings. The first-order valence-corrected chi connectivity index (χ1v) is 15.7. The van der Waals surface area contributed by atoms with E-state index in [0.717, 1.165) is 40.7 Å². The molecule has 2 unspecified atom stereocenters. The van der Waals surface area contributed by atoms with Gasteiger partial charge in [-0.15, -0.1) is 0 Å². The van der Waals surface area contributed by atoms with Crippen molar-refractivity contribution in [1.29, 1.82) is 0 Å². The van der Waals surface area contributed by atoms with Crippen LogP contribution in [0.3, 0.4) is 0 Å². The number of aliphatic hydroxyl groups excluding tert-OH is 2. The summed E-state index contributed by atoms with van der Waals surface area (Å²) in [5.74, 6) is -0.296. The molecular weight excluding hydrogens is 544 g/mol. The molecule has 0 aromatic carbocycles. The molecule has 2 atom stereocenters.